The van der Waals surface area contributed by atoms with Gasteiger partial charge in [0.2, 0.25) is 0 Å². The van der Waals surface area contributed by atoms with Gasteiger partial charge in [0.25, 0.3) is 0 Å². The van der Waals surface area contributed by atoms with Crippen LogP contribution in [0.1, 0.15) is 145 Å². The second-order valence-electron chi connectivity index (χ2n) is 19.3. The number of carboxylic acids is 1. The number of nitrogens with zero attached hydrogens (tertiary/aromatic N) is 4. The van der Waals surface area contributed by atoms with Crippen LogP contribution in [0.25, 0.3) is 11.5 Å². The van der Waals surface area contributed by atoms with E-state index in [0.29, 0.717) is 47.0 Å². The Bertz CT molecular complexity index is 1850. The van der Waals surface area contributed by atoms with Crippen molar-refractivity contribution >= 4 is 29.3 Å². The number of Topliss-reactive ketones (excluding diaryl/α,β-unsaturated/α-hetero) is 1. The van der Waals surface area contributed by atoms with Crippen molar-refractivity contribution in [3.63, 3.8) is 0 Å². The third-order valence-corrected chi connectivity index (χ3v) is 16.0. The van der Waals surface area contributed by atoms with Crippen molar-refractivity contribution in [1.29, 1.82) is 0 Å². The maximum absolute atomic E-state index is 14.2. The van der Waals surface area contributed by atoms with E-state index < -0.39 is 28.9 Å². The van der Waals surface area contributed by atoms with Crippen molar-refractivity contribution in [3.8, 4) is 11.5 Å². The van der Waals surface area contributed by atoms with Crippen LogP contribution in [0.4, 0.5) is 0 Å². The number of aliphatic carboxylic acids is 1. The molecule has 3 saturated carbocycles. The number of aromatic nitrogens is 4. The number of esters is 1. The normalized spacial score (nSPS) is 33.2. The standard InChI is InChI=1S/C44H63ClN4O6/c1-11-28(55-33(51)23-40(5,6)39(53)54)17-18-41(7)26(4)16-19-43(9)32(41)15-13-29-35-34(25(2)3)31(50)22-44(35,21-20-42(29,43)8)36(52)38-48-47-37(49(38)10)30-14-12-27(45)24-46-30/h12,14,24-26,28-29,32,36,52H,11,13,15-23H2,1-10H3,(H,53,54)/t26-,28-,29-,32-,36?,41+,42-,43-,44-/m1/s1. The lowest BCUT2D eigenvalue weighted by molar-refractivity contribution is -0.191. The topological polar surface area (TPSA) is 144 Å². The molecule has 0 bridgehead atoms. The summed E-state index contributed by atoms with van der Waals surface area (Å²) in [6.45, 7) is 19.2. The van der Waals surface area contributed by atoms with Gasteiger partial charge in [-0.05, 0) is 135 Å². The summed E-state index contributed by atoms with van der Waals surface area (Å²) in [6.07, 6.45) is 8.50. The van der Waals surface area contributed by atoms with Gasteiger partial charge in [-0.25, -0.2) is 0 Å². The molecule has 3 fully saturated rings. The molecule has 4 aliphatic rings. The highest BCUT2D eigenvalue weighted by atomic mass is 35.5. The van der Waals surface area contributed by atoms with Crippen LogP contribution >= 0.6 is 11.6 Å². The molecular formula is C44H63ClN4O6. The Labute approximate surface area is 332 Å². The second-order valence-corrected chi connectivity index (χ2v) is 19.8. The molecule has 1 unspecified atom stereocenters. The Morgan fingerprint density at radius 2 is 1.78 bits per heavy atom. The zero-order chi connectivity index (χ0) is 40.5. The maximum Gasteiger partial charge on any atom is 0.309 e. The van der Waals surface area contributed by atoms with Crippen LogP contribution in [0.3, 0.4) is 0 Å². The Balaban J connectivity index is 1.31. The van der Waals surface area contributed by atoms with Crippen molar-refractivity contribution in [1.82, 2.24) is 19.7 Å². The summed E-state index contributed by atoms with van der Waals surface area (Å²) in [4.78, 5) is 43.3. The average molecular weight is 779 g/mol. The number of hydrogen-bond acceptors (Lipinski definition) is 8. The number of allylic oxidation sites excluding steroid dienone is 1. The van der Waals surface area contributed by atoms with Crippen molar-refractivity contribution in [3.05, 3.63) is 40.3 Å². The average Bonchev–Trinajstić information content (AvgIpc) is 3.65. The van der Waals surface area contributed by atoms with Gasteiger partial charge in [-0.3, -0.25) is 19.4 Å². The fourth-order valence-corrected chi connectivity index (χ4v) is 12.1. The van der Waals surface area contributed by atoms with Crippen LogP contribution in [0.2, 0.25) is 5.02 Å². The SMILES string of the molecule is CC[C@H](CC[C@@]1(C)[C@H](C)CC[C@]2(C)[C@@H]1CC[C@@H]1C3=C(C(C)C)C(=O)C[C@]3(C(O)c3nnc(-c4ccc(Cl)cn4)n3C)CC[C@]12C)OC(=O)CC(C)(C)C(=O)O. The number of carbonyl (C=O) groups excluding carboxylic acids is 2. The van der Waals surface area contributed by atoms with E-state index in [1.807, 2.05) is 18.5 Å². The predicted octanol–water partition coefficient (Wildman–Crippen LogP) is 9.35. The Morgan fingerprint density at radius 1 is 1.07 bits per heavy atom. The third-order valence-electron chi connectivity index (χ3n) is 15.8. The molecular weight excluding hydrogens is 716 g/mol. The van der Waals surface area contributed by atoms with Gasteiger partial charge < -0.3 is 19.5 Å². The van der Waals surface area contributed by atoms with Gasteiger partial charge in [0, 0.05) is 25.1 Å². The minimum Gasteiger partial charge on any atom is -0.481 e. The van der Waals surface area contributed by atoms with E-state index >= 15 is 0 Å². The highest BCUT2D eigenvalue weighted by molar-refractivity contribution is 6.30. The lowest BCUT2D eigenvalue weighted by atomic mass is 9.35. The second kappa shape index (κ2) is 14.7. The number of aliphatic hydroxyl groups excluding tert-OH is 1. The highest BCUT2D eigenvalue weighted by Gasteiger charge is 2.69. The molecule has 302 valence electrons. The van der Waals surface area contributed by atoms with Crippen molar-refractivity contribution in [2.45, 2.75) is 145 Å². The number of pyridine rings is 1. The first kappa shape index (κ1) is 41.5. The van der Waals surface area contributed by atoms with E-state index in [1.54, 1.807) is 32.2 Å². The van der Waals surface area contributed by atoms with Gasteiger partial charge in [0.15, 0.2) is 17.4 Å². The molecule has 10 nitrogen and oxygen atoms in total. The first-order valence-corrected chi connectivity index (χ1v) is 20.9. The fourth-order valence-electron chi connectivity index (χ4n) is 12.0. The van der Waals surface area contributed by atoms with E-state index in [0.717, 1.165) is 50.5 Å². The molecule has 0 aromatic carbocycles. The van der Waals surface area contributed by atoms with Crippen molar-refractivity contribution in [2.24, 2.45) is 57.8 Å². The number of ketones is 1. The largest absolute Gasteiger partial charge is 0.481 e. The monoisotopic (exact) mass is 778 g/mol. The summed E-state index contributed by atoms with van der Waals surface area (Å²) in [5.41, 5.74) is 0.641. The molecule has 2 aromatic rings. The number of carboxylic acid groups (broad SMARTS) is 1. The van der Waals surface area contributed by atoms with E-state index in [4.69, 9.17) is 16.3 Å². The summed E-state index contributed by atoms with van der Waals surface area (Å²) < 4.78 is 7.76. The lowest BCUT2D eigenvalue weighted by Crippen LogP contribution is -2.62. The quantitative estimate of drug-likeness (QED) is 0.201. The highest BCUT2D eigenvalue weighted by Crippen LogP contribution is 2.76. The number of ether oxygens (including phenoxy) is 1. The molecule has 0 radical (unpaired) electrons. The molecule has 11 heteroatoms. The molecule has 0 aliphatic heterocycles. The van der Waals surface area contributed by atoms with Crippen LogP contribution < -0.4 is 0 Å². The number of carbonyl (C=O) groups is 3. The zero-order valence-corrected chi connectivity index (χ0v) is 35.4. The van der Waals surface area contributed by atoms with Gasteiger partial charge in [0.1, 0.15) is 17.9 Å². The van der Waals surface area contributed by atoms with Crippen LogP contribution in [-0.2, 0) is 26.2 Å². The Morgan fingerprint density at radius 3 is 2.40 bits per heavy atom. The predicted molar refractivity (Wildman–Crippen MR) is 212 cm³/mol. The van der Waals surface area contributed by atoms with E-state index in [2.05, 4.69) is 56.7 Å². The first-order chi connectivity index (χ1) is 25.7. The molecule has 4 aliphatic carbocycles. The van der Waals surface area contributed by atoms with Gasteiger partial charge >= 0.3 is 11.9 Å². The molecule has 55 heavy (non-hydrogen) atoms. The van der Waals surface area contributed by atoms with Crippen molar-refractivity contribution in [2.75, 3.05) is 0 Å². The molecule has 6 rings (SSSR count). The number of fused-ring (bicyclic) bond motifs is 5. The zero-order valence-electron chi connectivity index (χ0n) is 34.7. The summed E-state index contributed by atoms with van der Waals surface area (Å²) in [5.74, 6) is 0.754. The first-order valence-electron chi connectivity index (χ1n) is 20.6. The molecule has 2 N–H and O–H groups in total. The van der Waals surface area contributed by atoms with Gasteiger partial charge in [-0.2, -0.15) is 0 Å². The summed E-state index contributed by atoms with van der Waals surface area (Å²) in [6, 6.07) is 3.56. The van der Waals surface area contributed by atoms with Crippen LogP contribution in [-0.4, -0.2) is 53.8 Å². The molecule has 0 spiro atoms. The fraction of sp³-hybridized carbons (Fsp3) is 0.727. The molecule has 2 aromatic heterocycles. The maximum atomic E-state index is 14.2. The van der Waals surface area contributed by atoms with Gasteiger partial charge in [-0.15, -0.1) is 10.2 Å². The number of halogens is 1. The number of hydrogen-bond donors (Lipinski definition) is 2. The van der Waals surface area contributed by atoms with Gasteiger partial charge in [-0.1, -0.05) is 60.1 Å². The van der Waals surface area contributed by atoms with Crippen LogP contribution in [0, 0.1) is 50.7 Å². The number of aliphatic hydroxyl groups is 1. The van der Waals surface area contributed by atoms with E-state index in [9.17, 15) is 24.6 Å². The minimum absolute atomic E-state index is 0.000674. The summed E-state index contributed by atoms with van der Waals surface area (Å²) in [7, 11) is 1.86. The van der Waals surface area contributed by atoms with Crippen molar-refractivity contribution < 1.29 is 29.3 Å². The van der Waals surface area contributed by atoms with Gasteiger partial charge in [0.05, 0.1) is 16.9 Å². The number of rotatable bonds is 12. The van der Waals surface area contributed by atoms with E-state index in [1.165, 1.54) is 5.57 Å². The van der Waals surface area contributed by atoms with Crippen LogP contribution in [0.15, 0.2) is 29.5 Å². The summed E-state index contributed by atoms with van der Waals surface area (Å²) in [5, 5.41) is 31.7. The summed E-state index contributed by atoms with van der Waals surface area (Å²) >= 11 is 6.11. The molecule has 0 saturated heterocycles. The van der Waals surface area contributed by atoms with E-state index in [-0.39, 0.29) is 52.8 Å². The van der Waals surface area contributed by atoms with Crippen LogP contribution in [0.5, 0.6) is 0 Å². The smallest absolute Gasteiger partial charge is 0.309 e. The Hall–Kier alpha value is -3.11. The molecule has 0 amide bonds. The molecule has 9 atom stereocenters. The lowest BCUT2D eigenvalue weighted by Gasteiger charge is -2.69. The Kier molecular flexibility index (Phi) is 11.1. The third kappa shape index (κ3) is 6.69. The minimum atomic E-state index is -1.18. The molecule has 2 heterocycles.